The molecule has 1 aliphatic rings. The maximum atomic E-state index is 10.6. The highest BCUT2D eigenvalue weighted by molar-refractivity contribution is 5.66. The lowest BCUT2D eigenvalue weighted by Gasteiger charge is -2.19. The third-order valence-electron chi connectivity index (χ3n) is 2.19. The fraction of sp³-hybridized carbons (Fsp3) is 0.700. The largest absolute Gasteiger partial charge is 0.458 e. The molecule has 0 N–H and O–H groups in total. The average molecular weight is 168 g/mol. The number of hydrogen-bond acceptors (Lipinski definition) is 2. The molecule has 0 aromatic carbocycles. The fourth-order valence-electron chi connectivity index (χ4n) is 1.56. The van der Waals surface area contributed by atoms with Crippen LogP contribution in [0.1, 0.15) is 39.5 Å². The number of esters is 1. The van der Waals surface area contributed by atoms with Gasteiger partial charge in [-0.15, -0.1) is 0 Å². The Balaban J connectivity index is 2.44. The average Bonchev–Trinajstić information content (AvgIpc) is 2.05. The molecule has 0 saturated heterocycles. The van der Waals surface area contributed by atoms with Crippen LogP contribution in [0.4, 0.5) is 0 Å². The molecule has 2 heteroatoms. The first-order chi connectivity index (χ1) is 5.70. The van der Waals surface area contributed by atoms with E-state index in [1.54, 1.807) is 0 Å². The van der Waals surface area contributed by atoms with Gasteiger partial charge in [0.15, 0.2) is 0 Å². The van der Waals surface area contributed by atoms with Crippen molar-refractivity contribution in [2.24, 2.45) is 0 Å². The fourth-order valence-corrected chi connectivity index (χ4v) is 1.56. The van der Waals surface area contributed by atoms with Gasteiger partial charge in [0.05, 0.1) is 0 Å². The minimum absolute atomic E-state index is 0.0113. The van der Waals surface area contributed by atoms with E-state index in [2.05, 4.69) is 6.08 Å². The molecular weight excluding hydrogens is 152 g/mol. The zero-order chi connectivity index (χ0) is 8.97. The molecule has 1 aliphatic carbocycles. The summed E-state index contributed by atoms with van der Waals surface area (Å²) in [4.78, 5) is 10.6. The first kappa shape index (κ1) is 9.30. The van der Waals surface area contributed by atoms with Gasteiger partial charge in [-0.05, 0) is 38.2 Å². The Bertz CT molecular complexity index is 194. The highest BCUT2D eigenvalue weighted by Gasteiger charge is 2.13. The van der Waals surface area contributed by atoms with Crippen molar-refractivity contribution in [3.63, 3.8) is 0 Å². The third kappa shape index (κ3) is 2.68. The Morgan fingerprint density at radius 1 is 1.58 bits per heavy atom. The first-order valence-corrected chi connectivity index (χ1v) is 4.56. The molecule has 0 spiro atoms. The van der Waals surface area contributed by atoms with E-state index in [1.807, 2.05) is 6.92 Å². The van der Waals surface area contributed by atoms with Crippen LogP contribution in [-0.2, 0) is 9.53 Å². The molecule has 0 heterocycles. The van der Waals surface area contributed by atoms with Crippen molar-refractivity contribution < 1.29 is 9.53 Å². The Morgan fingerprint density at radius 3 is 2.83 bits per heavy atom. The summed E-state index contributed by atoms with van der Waals surface area (Å²) in [6.45, 7) is 3.40. The number of carbonyl (C=O) groups excluding carboxylic acids is 1. The van der Waals surface area contributed by atoms with E-state index in [9.17, 15) is 4.79 Å². The Kier molecular flexibility index (Phi) is 3.32. The Hall–Kier alpha value is -0.790. The standard InChI is InChI=1S/C10H16O2/c1-8(12-9(2)11)10-6-4-3-5-7-10/h6,8H,3-5,7H2,1-2H3/t8-/m0/s1. The molecule has 0 aromatic rings. The second kappa shape index (κ2) is 4.29. The predicted molar refractivity (Wildman–Crippen MR) is 47.8 cm³/mol. The molecule has 0 aromatic heterocycles. The summed E-state index contributed by atoms with van der Waals surface area (Å²) in [6, 6.07) is 0. The topological polar surface area (TPSA) is 26.3 Å². The van der Waals surface area contributed by atoms with Crippen molar-refractivity contribution in [2.75, 3.05) is 0 Å². The van der Waals surface area contributed by atoms with Gasteiger partial charge in [0.25, 0.3) is 0 Å². The lowest BCUT2D eigenvalue weighted by atomic mass is 9.96. The molecule has 0 unspecified atom stereocenters. The van der Waals surface area contributed by atoms with E-state index in [-0.39, 0.29) is 12.1 Å². The highest BCUT2D eigenvalue weighted by atomic mass is 16.5. The van der Waals surface area contributed by atoms with Gasteiger partial charge < -0.3 is 4.74 Å². The van der Waals surface area contributed by atoms with Crippen LogP contribution in [0.15, 0.2) is 11.6 Å². The minimum Gasteiger partial charge on any atom is -0.458 e. The van der Waals surface area contributed by atoms with Crippen LogP contribution < -0.4 is 0 Å². The first-order valence-electron chi connectivity index (χ1n) is 4.56. The Morgan fingerprint density at radius 2 is 2.33 bits per heavy atom. The highest BCUT2D eigenvalue weighted by Crippen LogP contribution is 2.21. The summed E-state index contributed by atoms with van der Waals surface area (Å²) < 4.78 is 5.08. The van der Waals surface area contributed by atoms with Crippen LogP contribution in [0.25, 0.3) is 0 Å². The summed E-state index contributed by atoms with van der Waals surface area (Å²) in [7, 11) is 0. The van der Waals surface area contributed by atoms with Gasteiger partial charge in [-0.1, -0.05) is 6.08 Å². The zero-order valence-corrected chi connectivity index (χ0v) is 7.80. The lowest BCUT2D eigenvalue weighted by Crippen LogP contribution is -2.16. The molecule has 12 heavy (non-hydrogen) atoms. The lowest BCUT2D eigenvalue weighted by molar-refractivity contribution is -0.143. The maximum absolute atomic E-state index is 10.6. The van der Waals surface area contributed by atoms with Crippen molar-refractivity contribution in [3.05, 3.63) is 11.6 Å². The summed E-state index contributed by atoms with van der Waals surface area (Å²) >= 11 is 0. The molecule has 1 atom stereocenters. The van der Waals surface area contributed by atoms with E-state index in [1.165, 1.54) is 25.3 Å². The van der Waals surface area contributed by atoms with Crippen LogP contribution in [0, 0.1) is 0 Å². The van der Waals surface area contributed by atoms with E-state index >= 15 is 0 Å². The summed E-state index contributed by atoms with van der Waals surface area (Å²) in [5.74, 6) is -0.186. The number of rotatable bonds is 2. The van der Waals surface area contributed by atoms with Gasteiger partial charge in [0, 0.05) is 6.92 Å². The van der Waals surface area contributed by atoms with Crippen LogP contribution in [0.5, 0.6) is 0 Å². The van der Waals surface area contributed by atoms with Crippen LogP contribution in [0.2, 0.25) is 0 Å². The summed E-state index contributed by atoms with van der Waals surface area (Å²) in [6.07, 6.45) is 6.93. The number of carbonyl (C=O) groups is 1. The molecular formula is C10H16O2. The third-order valence-corrected chi connectivity index (χ3v) is 2.19. The molecule has 0 bridgehead atoms. The smallest absolute Gasteiger partial charge is 0.303 e. The molecule has 0 saturated carbocycles. The minimum atomic E-state index is -0.186. The van der Waals surface area contributed by atoms with Crippen molar-refractivity contribution >= 4 is 5.97 Å². The molecule has 0 amide bonds. The van der Waals surface area contributed by atoms with Gasteiger partial charge in [-0.2, -0.15) is 0 Å². The molecule has 1 rings (SSSR count). The second-order valence-electron chi connectivity index (χ2n) is 3.28. The molecule has 68 valence electrons. The van der Waals surface area contributed by atoms with Gasteiger partial charge in [-0.3, -0.25) is 4.79 Å². The summed E-state index contributed by atoms with van der Waals surface area (Å²) in [5.41, 5.74) is 1.29. The van der Waals surface area contributed by atoms with Crippen LogP contribution in [-0.4, -0.2) is 12.1 Å². The van der Waals surface area contributed by atoms with Crippen molar-refractivity contribution in [1.29, 1.82) is 0 Å². The Labute approximate surface area is 73.6 Å². The summed E-state index contributed by atoms with van der Waals surface area (Å²) in [5, 5.41) is 0. The van der Waals surface area contributed by atoms with E-state index in [0.29, 0.717) is 0 Å². The van der Waals surface area contributed by atoms with Crippen molar-refractivity contribution in [1.82, 2.24) is 0 Å². The van der Waals surface area contributed by atoms with Crippen LogP contribution >= 0.6 is 0 Å². The number of hydrogen-bond donors (Lipinski definition) is 0. The predicted octanol–water partition coefficient (Wildman–Crippen LogP) is 2.44. The van der Waals surface area contributed by atoms with Gasteiger partial charge in [0.1, 0.15) is 6.10 Å². The maximum Gasteiger partial charge on any atom is 0.303 e. The molecule has 2 nitrogen and oxygen atoms in total. The molecule has 0 fully saturated rings. The van der Waals surface area contributed by atoms with Crippen molar-refractivity contribution in [3.8, 4) is 0 Å². The zero-order valence-electron chi connectivity index (χ0n) is 7.80. The molecule has 0 aliphatic heterocycles. The molecule has 0 radical (unpaired) electrons. The monoisotopic (exact) mass is 168 g/mol. The quantitative estimate of drug-likeness (QED) is 0.467. The normalized spacial score (nSPS) is 19.7. The van der Waals surface area contributed by atoms with Gasteiger partial charge in [-0.25, -0.2) is 0 Å². The van der Waals surface area contributed by atoms with E-state index in [4.69, 9.17) is 4.74 Å². The number of allylic oxidation sites excluding steroid dienone is 1. The van der Waals surface area contributed by atoms with Gasteiger partial charge >= 0.3 is 5.97 Å². The van der Waals surface area contributed by atoms with Crippen LogP contribution in [0.3, 0.4) is 0 Å². The SMILES string of the molecule is CC(=O)O[C@@H](C)C1=CCCCC1. The van der Waals surface area contributed by atoms with Crippen molar-refractivity contribution in [2.45, 2.75) is 45.6 Å². The van der Waals surface area contributed by atoms with E-state index < -0.39 is 0 Å². The van der Waals surface area contributed by atoms with E-state index in [0.717, 1.165) is 12.8 Å². The second-order valence-corrected chi connectivity index (χ2v) is 3.28. The van der Waals surface area contributed by atoms with Gasteiger partial charge in [0.2, 0.25) is 0 Å². The number of ether oxygens (including phenoxy) is 1.